The number of anilines is 4. The Kier molecular flexibility index (Phi) is 9.93. The Morgan fingerprint density at radius 3 is 2.05 bits per heavy atom. The molecule has 10 rings (SSSR count). The second-order valence-electron chi connectivity index (χ2n) is 15.2. The van der Waals surface area contributed by atoms with Crippen molar-refractivity contribution in [2.24, 2.45) is 0 Å². The number of benzene rings is 5. The van der Waals surface area contributed by atoms with Crippen LogP contribution in [0.1, 0.15) is 48.6 Å². The van der Waals surface area contributed by atoms with Crippen LogP contribution >= 0.6 is 11.3 Å². The van der Waals surface area contributed by atoms with Gasteiger partial charge in [-0.15, -0.1) is 77.2 Å². The van der Waals surface area contributed by atoms with Crippen molar-refractivity contribution < 1.29 is 21.1 Å². The molecule has 0 amide bonds. The normalized spacial score (nSPS) is 12.5. The van der Waals surface area contributed by atoms with Crippen LogP contribution < -0.4 is 9.80 Å². The number of hydrogen-bond acceptors (Lipinski definition) is 5. The average Bonchev–Trinajstić information content (AvgIpc) is 3.97. The van der Waals surface area contributed by atoms with Crippen molar-refractivity contribution >= 4 is 66.5 Å². The van der Waals surface area contributed by atoms with Gasteiger partial charge in [-0.05, 0) is 80.4 Å². The van der Waals surface area contributed by atoms with Crippen molar-refractivity contribution in [3.05, 3.63) is 216 Å². The molecule has 5 aromatic carbocycles. The van der Waals surface area contributed by atoms with Gasteiger partial charge in [-0.3, -0.25) is 0 Å². The number of rotatable bonds is 7. The van der Waals surface area contributed by atoms with Gasteiger partial charge in [-0.25, -0.2) is 9.97 Å². The Labute approximate surface area is 357 Å². The van der Waals surface area contributed by atoms with E-state index in [0.29, 0.717) is 0 Å². The van der Waals surface area contributed by atoms with E-state index in [2.05, 4.69) is 199 Å². The number of fused-ring (bicyclic) bond motifs is 4. The smallest absolute Gasteiger partial charge is 0.136 e. The van der Waals surface area contributed by atoms with Crippen LogP contribution in [0.3, 0.4) is 0 Å². The molecule has 1 aliphatic heterocycles. The molecular weight excluding hydrogens is 910 g/mol. The van der Waals surface area contributed by atoms with Crippen LogP contribution in [-0.4, -0.2) is 14.5 Å². The van der Waals surface area contributed by atoms with Crippen LogP contribution in [0.4, 0.5) is 22.9 Å². The summed E-state index contributed by atoms with van der Waals surface area (Å²) in [6.45, 7) is 8.84. The second-order valence-corrected chi connectivity index (χ2v) is 16.1. The number of para-hydroxylation sites is 1. The minimum Gasteiger partial charge on any atom is -0.473 e. The van der Waals surface area contributed by atoms with Crippen LogP contribution in [0.25, 0.3) is 38.1 Å². The van der Waals surface area contributed by atoms with E-state index in [-0.39, 0.29) is 26.5 Å². The molecule has 286 valence electrons. The Morgan fingerprint density at radius 1 is 0.621 bits per heavy atom. The van der Waals surface area contributed by atoms with Crippen LogP contribution in [0.2, 0.25) is 0 Å². The summed E-state index contributed by atoms with van der Waals surface area (Å²) in [6.07, 6.45) is 3.78. The van der Waals surface area contributed by atoms with E-state index in [4.69, 9.17) is 9.97 Å². The molecule has 0 saturated carbocycles. The van der Waals surface area contributed by atoms with Gasteiger partial charge in [-0.2, -0.15) is 0 Å². The average molecular weight is 948 g/mol. The molecule has 0 N–H and O–H groups in total. The van der Waals surface area contributed by atoms with Crippen molar-refractivity contribution in [3.63, 3.8) is 0 Å². The van der Waals surface area contributed by atoms with E-state index in [1.54, 1.807) is 11.3 Å². The number of pyridine rings is 2. The zero-order valence-electron chi connectivity index (χ0n) is 32.2. The monoisotopic (exact) mass is 947 g/mol. The summed E-state index contributed by atoms with van der Waals surface area (Å²) in [7, 11) is 0. The molecule has 0 fully saturated rings. The summed E-state index contributed by atoms with van der Waals surface area (Å²) in [5.74, 6) is 1.74. The van der Waals surface area contributed by atoms with Gasteiger partial charge < -0.3 is 14.4 Å². The first-order valence-corrected chi connectivity index (χ1v) is 20.0. The molecule has 5 heterocycles. The fourth-order valence-corrected chi connectivity index (χ4v) is 8.74. The van der Waals surface area contributed by atoms with Gasteiger partial charge in [0.15, 0.2) is 0 Å². The van der Waals surface area contributed by atoms with Gasteiger partial charge in [0.2, 0.25) is 0 Å². The first-order chi connectivity index (χ1) is 27.9. The van der Waals surface area contributed by atoms with E-state index in [1.807, 2.05) is 24.5 Å². The fraction of sp³-hybridized carbons (Fsp3) is 0.0784. The Balaban J connectivity index is 0.00000436. The van der Waals surface area contributed by atoms with Crippen molar-refractivity contribution in [3.8, 4) is 5.82 Å². The van der Waals surface area contributed by atoms with Crippen molar-refractivity contribution in [2.75, 3.05) is 9.80 Å². The van der Waals surface area contributed by atoms with E-state index < -0.39 is 0 Å². The van der Waals surface area contributed by atoms with Gasteiger partial charge in [0, 0.05) is 39.1 Å². The Bertz CT molecular complexity index is 2890. The fourth-order valence-electron chi connectivity index (χ4n) is 7.82. The number of hydrogen-bond donors (Lipinski definition) is 0. The predicted molar refractivity (Wildman–Crippen MR) is 236 cm³/mol. The molecule has 5 nitrogen and oxygen atoms in total. The zero-order chi connectivity index (χ0) is 38.5. The SMILES string of the molecule is CC(C)(C)c1ccnc(-n2c3[c-]c(C(=C(c4ccccc4)c4ccccc4)c4[c-]c(N5[CH-]N(c6ccccc6)c6cccnc65)ccc4)ccc3c3ccsc32)c1.[Pt]. The van der Waals surface area contributed by atoms with Crippen molar-refractivity contribution in [2.45, 2.75) is 26.2 Å². The maximum atomic E-state index is 4.95. The summed E-state index contributed by atoms with van der Waals surface area (Å²) >= 11 is 1.73. The van der Waals surface area contributed by atoms with Crippen molar-refractivity contribution in [1.82, 2.24) is 14.5 Å². The quantitative estimate of drug-likeness (QED) is 0.118. The summed E-state index contributed by atoms with van der Waals surface area (Å²) < 4.78 is 2.29. The molecule has 0 atom stereocenters. The molecule has 0 aliphatic carbocycles. The first-order valence-electron chi connectivity index (χ1n) is 19.1. The molecule has 1 aliphatic rings. The molecule has 4 aromatic heterocycles. The molecule has 0 bridgehead atoms. The number of thiophene rings is 1. The maximum absolute atomic E-state index is 4.95. The van der Waals surface area contributed by atoms with E-state index >= 15 is 0 Å². The molecule has 9 aromatic rings. The molecule has 7 heteroatoms. The topological polar surface area (TPSA) is 37.2 Å². The summed E-state index contributed by atoms with van der Waals surface area (Å²) in [6, 6.07) is 61.1. The molecular formula is C51H38N5PtS-3. The van der Waals surface area contributed by atoms with E-state index in [0.717, 1.165) is 77.8 Å². The zero-order valence-corrected chi connectivity index (χ0v) is 35.3. The van der Waals surface area contributed by atoms with Crippen LogP contribution in [-0.2, 0) is 26.5 Å². The third-order valence-corrected chi connectivity index (χ3v) is 11.5. The third kappa shape index (κ3) is 6.66. The molecule has 0 unspecified atom stereocenters. The minimum atomic E-state index is -0.0257. The maximum Gasteiger partial charge on any atom is 0.136 e. The Hall–Kier alpha value is -6.07. The van der Waals surface area contributed by atoms with Gasteiger partial charge in [0.05, 0.1) is 10.5 Å². The van der Waals surface area contributed by atoms with Gasteiger partial charge in [0.1, 0.15) is 11.6 Å². The molecule has 0 spiro atoms. The number of nitrogens with zero attached hydrogens (tertiary/aromatic N) is 5. The van der Waals surface area contributed by atoms with Crippen LogP contribution in [0.15, 0.2) is 169 Å². The largest absolute Gasteiger partial charge is 0.473 e. The molecule has 0 radical (unpaired) electrons. The van der Waals surface area contributed by atoms with Crippen LogP contribution in [0.5, 0.6) is 0 Å². The van der Waals surface area contributed by atoms with Gasteiger partial charge >= 0.3 is 0 Å². The van der Waals surface area contributed by atoms with Crippen LogP contribution in [0, 0.1) is 18.8 Å². The minimum absolute atomic E-state index is 0. The van der Waals surface area contributed by atoms with E-state index in [9.17, 15) is 0 Å². The number of aromatic nitrogens is 3. The first kappa shape index (κ1) is 37.5. The van der Waals surface area contributed by atoms with Gasteiger partial charge in [-0.1, -0.05) is 117 Å². The third-order valence-electron chi connectivity index (χ3n) is 10.6. The van der Waals surface area contributed by atoms with E-state index in [1.165, 1.54) is 10.9 Å². The van der Waals surface area contributed by atoms with Gasteiger partial charge in [0.25, 0.3) is 0 Å². The predicted octanol–water partition coefficient (Wildman–Crippen LogP) is 12.9. The summed E-state index contributed by atoms with van der Waals surface area (Å²) in [5.41, 5.74) is 11.4. The molecule has 58 heavy (non-hydrogen) atoms. The second kappa shape index (κ2) is 15.4. The summed E-state index contributed by atoms with van der Waals surface area (Å²) in [5, 5.41) is 4.51. The Morgan fingerprint density at radius 2 is 1.33 bits per heavy atom. The molecule has 0 saturated heterocycles. The standard InChI is InChI=1S/C51H38N5S.Pt/c1-51(2,3)39-26-29-52-46(33-39)56-45-32-38(24-25-42(45)43-27-30-57-50(43)56)48(47(35-15-7-4-8-16-35)36-17-9-5-10-18-36)37-19-13-22-41(31-37)55-34-54(40-20-11-6-12-21-40)44-23-14-28-53-49(44)55;/h4-30,33-34H,1-3H3;/q-3;. The van der Waals surface area contributed by atoms with Crippen molar-refractivity contribution in [1.29, 1.82) is 0 Å². The summed E-state index contributed by atoms with van der Waals surface area (Å²) in [4.78, 5) is 15.3.